The molecular formula is C16H12F2N4O2S. The third-order valence-electron chi connectivity index (χ3n) is 3.12. The van der Waals surface area contributed by atoms with Gasteiger partial charge in [-0.1, -0.05) is 6.07 Å². The highest BCUT2D eigenvalue weighted by atomic mass is 32.2. The summed E-state index contributed by atoms with van der Waals surface area (Å²) < 4.78 is 52.6. The summed E-state index contributed by atoms with van der Waals surface area (Å²) in [7, 11) is -3.90. The number of nitrogens with one attached hydrogen (secondary N) is 2. The van der Waals surface area contributed by atoms with Crippen LogP contribution in [0.1, 0.15) is 0 Å². The van der Waals surface area contributed by atoms with Crippen molar-refractivity contribution in [3.63, 3.8) is 0 Å². The second-order valence-electron chi connectivity index (χ2n) is 5.00. The first kappa shape index (κ1) is 16.8. The summed E-state index contributed by atoms with van der Waals surface area (Å²) in [6.45, 7) is 0. The predicted molar refractivity (Wildman–Crippen MR) is 88.9 cm³/mol. The Balaban J connectivity index is 1.73. The summed E-state index contributed by atoms with van der Waals surface area (Å²) in [5.41, 5.74) is 0.481. The fourth-order valence-corrected chi connectivity index (χ4v) is 2.97. The van der Waals surface area contributed by atoms with Gasteiger partial charge in [0.1, 0.15) is 11.6 Å². The Kier molecular flexibility index (Phi) is 4.57. The number of anilines is 3. The second-order valence-corrected chi connectivity index (χ2v) is 6.68. The third-order valence-corrected chi connectivity index (χ3v) is 4.50. The standard InChI is InChI=1S/C16H12F2N4O2S/c17-11-4-6-14(7-5-11)25(23,24)22-16-9-8-15(20-21-16)19-13-3-1-2-12(18)10-13/h1-10H,(H,19,20)(H,21,22). The van der Waals surface area contributed by atoms with Gasteiger partial charge in [0.05, 0.1) is 4.90 Å². The molecule has 3 rings (SSSR count). The van der Waals surface area contributed by atoms with Gasteiger partial charge in [0.25, 0.3) is 10.0 Å². The molecule has 9 heteroatoms. The largest absolute Gasteiger partial charge is 0.339 e. The lowest BCUT2D eigenvalue weighted by atomic mass is 10.3. The molecule has 3 aromatic rings. The summed E-state index contributed by atoms with van der Waals surface area (Å²) in [5.74, 6) is -0.627. The van der Waals surface area contributed by atoms with E-state index in [0.29, 0.717) is 11.5 Å². The van der Waals surface area contributed by atoms with E-state index in [1.807, 2.05) is 0 Å². The summed E-state index contributed by atoms with van der Waals surface area (Å²) in [6.07, 6.45) is 0. The number of halogens is 2. The van der Waals surface area contributed by atoms with Gasteiger partial charge >= 0.3 is 0 Å². The lowest BCUT2D eigenvalue weighted by Crippen LogP contribution is -2.14. The van der Waals surface area contributed by atoms with Crippen LogP contribution in [0.25, 0.3) is 0 Å². The maximum Gasteiger partial charge on any atom is 0.263 e. The molecule has 0 atom stereocenters. The lowest BCUT2D eigenvalue weighted by Gasteiger charge is -2.08. The van der Waals surface area contributed by atoms with Crippen molar-refractivity contribution < 1.29 is 17.2 Å². The first-order valence-electron chi connectivity index (χ1n) is 7.07. The van der Waals surface area contributed by atoms with Crippen LogP contribution < -0.4 is 10.0 Å². The highest BCUT2D eigenvalue weighted by Gasteiger charge is 2.15. The average Bonchev–Trinajstić information content (AvgIpc) is 2.57. The van der Waals surface area contributed by atoms with E-state index in [2.05, 4.69) is 20.2 Å². The Morgan fingerprint density at radius 2 is 1.48 bits per heavy atom. The molecule has 0 unspecified atom stereocenters. The zero-order valence-corrected chi connectivity index (χ0v) is 13.5. The van der Waals surface area contributed by atoms with Crippen LogP contribution in [0.5, 0.6) is 0 Å². The molecule has 0 fully saturated rings. The molecule has 0 aliphatic carbocycles. The Hall–Kier alpha value is -3.07. The first-order valence-corrected chi connectivity index (χ1v) is 8.55. The lowest BCUT2D eigenvalue weighted by molar-refractivity contribution is 0.599. The molecule has 2 N–H and O–H groups in total. The van der Waals surface area contributed by atoms with Gasteiger partial charge in [-0.3, -0.25) is 4.72 Å². The average molecular weight is 362 g/mol. The van der Waals surface area contributed by atoms with E-state index in [0.717, 1.165) is 24.3 Å². The quantitative estimate of drug-likeness (QED) is 0.728. The van der Waals surface area contributed by atoms with Crippen molar-refractivity contribution in [3.8, 4) is 0 Å². The fraction of sp³-hybridized carbons (Fsp3) is 0. The smallest absolute Gasteiger partial charge is 0.263 e. The molecule has 0 aliphatic heterocycles. The van der Waals surface area contributed by atoms with E-state index in [1.54, 1.807) is 6.07 Å². The van der Waals surface area contributed by atoms with Crippen LogP contribution in [0.15, 0.2) is 65.6 Å². The minimum absolute atomic E-state index is 0.00545. The molecule has 0 spiro atoms. The van der Waals surface area contributed by atoms with Gasteiger partial charge in [0, 0.05) is 5.69 Å². The van der Waals surface area contributed by atoms with Gasteiger partial charge < -0.3 is 5.32 Å². The molecule has 25 heavy (non-hydrogen) atoms. The van der Waals surface area contributed by atoms with Crippen LogP contribution in [-0.4, -0.2) is 18.6 Å². The zero-order valence-electron chi connectivity index (χ0n) is 12.6. The van der Waals surface area contributed by atoms with Crippen molar-refractivity contribution in [2.24, 2.45) is 0 Å². The van der Waals surface area contributed by atoms with Gasteiger partial charge in [0.15, 0.2) is 11.6 Å². The van der Waals surface area contributed by atoms with Crippen molar-refractivity contribution in [3.05, 3.63) is 72.3 Å². The molecule has 2 aromatic carbocycles. The first-order chi connectivity index (χ1) is 11.9. The summed E-state index contributed by atoms with van der Waals surface area (Å²) >= 11 is 0. The fourth-order valence-electron chi connectivity index (χ4n) is 1.98. The van der Waals surface area contributed by atoms with E-state index >= 15 is 0 Å². The number of benzene rings is 2. The molecule has 128 valence electrons. The zero-order chi connectivity index (χ0) is 17.9. The normalized spacial score (nSPS) is 11.1. The SMILES string of the molecule is O=S(=O)(Nc1ccc(Nc2cccc(F)c2)nn1)c1ccc(F)cc1. The Labute approximate surface area is 142 Å². The van der Waals surface area contributed by atoms with E-state index < -0.39 is 21.7 Å². The molecule has 0 aliphatic rings. The Morgan fingerprint density at radius 3 is 2.12 bits per heavy atom. The van der Waals surface area contributed by atoms with Crippen molar-refractivity contribution >= 4 is 27.3 Å². The molecule has 0 saturated carbocycles. The van der Waals surface area contributed by atoms with E-state index in [4.69, 9.17) is 0 Å². The molecule has 6 nitrogen and oxygen atoms in total. The van der Waals surface area contributed by atoms with E-state index in [-0.39, 0.29) is 10.7 Å². The topological polar surface area (TPSA) is 84.0 Å². The number of hydrogen-bond acceptors (Lipinski definition) is 5. The molecule has 1 aromatic heterocycles. The van der Waals surface area contributed by atoms with Gasteiger partial charge in [-0.05, 0) is 54.6 Å². The minimum Gasteiger partial charge on any atom is -0.339 e. The molecule has 0 radical (unpaired) electrons. The monoisotopic (exact) mass is 362 g/mol. The highest BCUT2D eigenvalue weighted by Crippen LogP contribution is 2.18. The molecule has 0 amide bonds. The maximum atomic E-state index is 13.1. The predicted octanol–water partition coefficient (Wildman–Crippen LogP) is 3.30. The molecule has 1 heterocycles. The Bertz CT molecular complexity index is 978. The Morgan fingerprint density at radius 1 is 0.800 bits per heavy atom. The summed E-state index contributed by atoms with van der Waals surface area (Å²) in [4.78, 5) is -0.0994. The van der Waals surface area contributed by atoms with Crippen molar-refractivity contribution in [2.75, 3.05) is 10.0 Å². The van der Waals surface area contributed by atoms with Crippen LogP contribution >= 0.6 is 0 Å². The molecule has 0 bridgehead atoms. The van der Waals surface area contributed by atoms with Crippen molar-refractivity contribution in [2.45, 2.75) is 4.90 Å². The van der Waals surface area contributed by atoms with Crippen molar-refractivity contribution in [1.29, 1.82) is 0 Å². The second kappa shape index (κ2) is 6.81. The highest BCUT2D eigenvalue weighted by molar-refractivity contribution is 7.92. The number of hydrogen-bond donors (Lipinski definition) is 2. The van der Waals surface area contributed by atoms with E-state index in [9.17, 15) is 17.2 Å². The van der Waals surface area contributed by atoms with Crippen LogP contribution in [0, 0.1) is 11.6 Å². The van der Waals surface area contributed by atoms with Gasteiger partial charge in [-0.15, -0.1) is 10.2 Å². The number of sulfonamides is 1. The summed E-state index contributed by atoms with van der Waals surface area (Å²) in [6, 6.07) is 13.0. The van der Waals surface area contributed by atoms with Gasteiger partial charge in [0.2, 0.25) is 0 Å². The summed E-state index contributed by atoms with van der Waals surface area (Å²) in [5, 5.41) is 10.4. The van der Waals surface area contributed by atoms with E-state index in [1.165, 1.54) is 30.3 Å². The van der Waals surface area contributed by atoms with Crippen LogP contribution in [0.4, 0.5) is 26.1 Å². The minimum atomic E-state index is -3.90. The number of nitrogens with zero attached hydrogens (tertiary/aromatic N) is 2. The van der Waals surface area contributed by atoms with Crippen LogP contribution in [0.2, 0.25) is 0 Å². The molecule has 0 saturated heterocycles. The number of rotatable bonds is 5. The third kappa shape index (κ3) is 4.27. The van der Waals surface area contributed by atoms with Gasteiger partial charge in [-0.2, -0.15) is 0 Å². The maximum absolute atomic E-state index is 13.1. The van der Waals surface area contributed by atoms with Crippen LogP contribution in [-0.2, 0) is 10.0 Å². The van der Waals surface area contributed by atoms with Crippen LogP contribution in [0.3, 0.4) is 0 Å². The number of aromatic nitrogens is 2. The van der Waals surface area contributed by atoms with Gasteiger partial charge in [-0.25, -0.2) is 17.2 Å². The molecular weight excluding hydrogens is 350 g/mol. The van der Waals surface area contributed by atoms with Crippen molar-refractivity contribution in [1.82, 2.24) is 10.2 Å².